The van der Waals surface area contributed by atoms with Crippen LogP contribution in [-0.4, -0.2) is 24.5 Å². The van der Waals surface area contributed by atoms with E-state index in [2.05, 4.69) is 56.8 Å². The molecule has 6 nitrogen and oxygen atoms in total. The Labute approximate surface area is 192 Å². The molecule has 0 spiro atoms. The van der Waals surface area contributed by atoms with E-state index in [4.69, 9.17) is 16.6 Å². The fourth-order valence-electron chi connectivity index (χ4n) is 4.52. The van der Waals surface area contributed by atoms with E-state index in [0.29, 0.717) is 11.7 Å². The standard InChI is InChI=1S/C25H25N5OS/c1-16-9-10-22(27-14-16)30-17(2)13-20(18(30)3)24-23(21-8-4-5-11-26-21)28-25(32)29(24)15-19-7-6-12-31-19/h4-14,23-24H,15H2,1-3H3,(H,28,32)/t23-,24+/m0/s1. The van der Waals surface area contributed by atoms with Gasteiger partial charge in [0.05, 0.1) is 30.6 Å². The first-order valence-electron chi connectivity index (χ1n) is 10.7. The summed E-state index contributed by atoms with van der Waals surface area (Å²) in [6.45, 7) is 6.89. The lowest BCUT2D eigenvalue weighted by atomic mass is 9.96. The maximum atomic E-state index is 5.78. The molecule has 0 unspecified atom stereocenters. The zero-order valence-corrected chi connectivity index (χ0v) is 19.1. The van der Waals surface area contributed by atoms with E-state index in [0.717, 1.165) is 34.2 Å². The zero-order valence-electron chi connectivity index (χ0n) is 18.3. The smallest absolute Gasteiger partial charge is 0.170 e. The maximum absolute atomic E-state index is 5.78. The molecule has 0 aromatic carbocycles. The number of nitrogens with one attached hydrogen (secondary N) is 1. The molecule has 4 aromatic rings. The normalized spacial score (nSPS) is 18.2. The van der Waals surface area contributed by atoms with Crippen LogP contribution in [-0.2, 0) is 6.54 Å². The van der Waals surface area contributed by atoms with Crippen LogP contribution in [0.1, 0.15) is 46.1 Å². The second-order valence-corrected chi connectivity index (χ2v) is 8.58. The van der Waals surface area contributed by atoms with E-state index in [1.54, 1.807) is 6.26 Å². The lowest BCUT2D eigenvalue weighted by Crippen LogP contribution is -2.29. The van der Waals surface area contributed by atoms with E-state index < -0.39 is 0 Å². The number of thiocarbonyl (C=S) groups is 1. The lowest BCUT2D eigenvalue weighted by Gasteiger charge is -2.27. The summed E-state index contributed by atoms with van der Waals surface area (Å²) in [4.78, 5) is 11.5. The average molecular weight is 444 g/mol. The van der Waals surface area contributed by atoms with Crippen molar-refractivity contribution < 1.29 is 4.42 Å². The Balaban J connectivity index is 1.62. The Bertz CT molecular complexity index is 1230. The topological polar surface area (TPSA) is 59.1 Å². The molecule has 7 heteroatoms. The second kappa shape index (κ2) is 8.24. The molecule has 0 radical (unpaired) electrons. The van der Waals surface area contributed by atoms with Gasteiger partial charge in [-0.15, -0.1) is 0 Å². The highest BCUT2D eigenvalue weighted by Crippen LogP contribution is 2.42. The number of furan rings is 1. The molecule has 0 saturated carbocycles. The van der Waals surface area contributed by atoms with Gasteiger partial charge in [0.2, 0.25) is 0 Å². The largest absolute Gasteiger partial charge is 0.467 e. The minimum absolute atomic E-state index is 0.0344. The summed E-state index contributed by atoms with van der Waals surface area (Å²) >= 11 is 5.78. The van der Waals surface area contributed by atoms with E-state index in [1.807, 2.05) is 49.6 Å². The Morgan fingerprint density at radius 3 is 2.62 bits per heavy atom. The second-order valence-electron chi connectivity index (χ2n) is 8.19. The highest BCUT2D eigenvalue weighted by molar-refractivity contribution is 7.80. The predicted molar refractivity (Wildman–Crippen MR) is 127 cm³/mol. The van der Waals surface area contributed by atoms with E-state index >= 15 is 0 Å². The highest BCUT2D eigenvalue weighted by Gasteiger charge is 2.41. The zero-order chi connectivity index (χ0) is 22.2. The van der Waals surface area contributed by atoms with Crippen molar-refractivity contribution in [2.24, 2.45) is 0 Å². The van der Waals surface area contributed by atoms with E-state index in [-0.39, 0.29) is 12.1 Å². The van der Waals surface area contributed by atoms with Gasteiger partial charge in [-0.25, -0.2) is 4.98 Å². The summed E-state index contributed by atoms with van der Waals surface area (Å²) in [5, 5.41) is 4.21. The molecule has 1 saturated heterocycles. The van der Waals surface area contributed by atoms with Crippen molar-refractivity contribution in [3.63, 3.8) is 0 Å². The summed E-state index contributed by atoms with van der Waals surface area (Å²) in [5.41, 5.74) is 5.56. The summed E-state index contributed by atoms with van der Waals surface area (Å²) in [6.07, 6.45) is 5.42. The monoisotopic (exact) mass is 443 g/mol. The molecule has 0 bridgehead atoms. The number of rotatable bonds is 5. The number of nitrogens with zero attached hydrogens (tertiary/aromatic N) is 4. The molecule has 162 valence electrons. The van der Waals surface area contributed by atoms with Gasteiger partial charge in [-0.2, -0.15) is 0 Å². The van der Waals surface area contributed by atoms with Crippen molar-refractivity contribution in [3.05, 3.63) is 101 Å². The number of aryl methyl sites for hydroxylation is 2. The van der Waals surface area contributed by atoms with Gasteiger partial charge < -0.3 is 19.2 Å². The molecule has 32 heavy (non-hydrogen) atoms. The third-order valence-corrected chi connectivity index (χ3v) is 6.37. The van der Waals surface area contributed by atoms with Crippen LogP contribution < -0.4 is 5.32 Å². The first-order valence-corrected chi connectivity index (χ1v) is 11.1. The molecule has 1 fully saturated rings. The van der Waals surface area contributed by atoms with Crippen LogP contribution in [0.5, 0.6) is 0 Å². The highest BCUT2D eigenvalue weighted by atomic mass is 32.1. The van der Waals surface area contributed by atoms with Gasteiger partial charge in [-0.1, -0.05) is 12.1 Å². The van der Waals surface area contributed by atoms with E-state index in [9.17, 15) is 0 Å². The van der Waals surface area contributed by atoms with Gasteiger partial charge in [-0.05, 0) is 80.5 Å². The van der Waals surface area contributed by atoms with Crippen LogP contribution >= 0.6 is 12.2 Å². The number of aromatic nitrogens is 3. The summed E-state index contributed by atoms with van der Waals surface area (Å²) in [5.74, 6) is 1.78. The molecule has 5 heterocycles. The van der Waals surface area contributed by atoms with Crippen LogP contribution in [0.25, 0.3) is 5.82 Å². The molecule has 1 aliphatic rings. The van der Waals surface area contributed by atoms with Crippen molar-refractivity contribution in [1.82, 2.24) is 24.8 Å². The van der Waals surface area contributed by atoms with Crippen molar-refractivity contribution in [3.8, 4) is 5.82 Å². The lowest BCUT2D eigenvalue weighted by molar-refractivity contribution is 0.286. The van der Waals surface area contributed by atoms with Gasteiger partial charge in [0.25, 0.3) is 0 Å². The van der Waals surface area contributed by atoms with Crippen LogP contribution in [0.2, 0.25) is 0 Å². The SMILES string of the molecule is Cc1ccc(-n2c(C)cc([C@@H]3[C@H](c4ccccn4)NC(=S)N3Cc3ccco3)c2C)nc1. The summed E-state index contributed by atoms with van der Waals surface area (Å²) in [7, 11) is 0. The number of hydrogen-bond acceptors (Lipinski definition) is 4. The average Bonchev–Trinajstić information content (AvgIpc) is 3.49. The molecule has 1 N–H and O–H groups in total. The minimum atomic E-state index is -0.0708. The van der Waals surface area contributed by atoms with Crippen molar-refractivity contribution >= 4 is 17.3 Å². The molecule has 2 atom stereocenters. The summed E-state index contributed by atoms with van der Waals surface area (Å²) < 4.78 is 7.85. The van der Waals surface area contributed by atoms with Crippen LogP contribution in [0.15, 0.2) is 71.6 Å². The van der Waals surface area contributed by atoms with Crippen molar-refractivity contribution in [2.45, 2.75) is 39.4 Å². The molecule has 0 amide bonds. The first kappa shape index (κ1) is 20.5. The first-order chi connectivity index (χ1) is 15.5. The van der Waals surface area contributed by atoms with Crippen molar-refractivity contribution in [1.29, 1.82) is 0 Å². The van der Waals surface area contributed by atoms with E-state index in [1.165, 1.54) is 5.56 Å². The molecular weight excluding hydrogens is 418 g/mol. The van der Waals surface area contributed by atoms with Gasteiger partial charge in [-0.3, -0.25) is 4.98 Å². The van der Waals surface area contributed by atoms with Crippen LogP contribution in [0, 0.1) is 20.8 Å². The summed E-state index contributed by atoms with van der Waals surface area (Å²) in [6, 6.07) is 16.2. The molecule has 0 aliphatic carbocycles. The van der Waals surface area contributed by atoms with Gasteiger partial charge in [0.1, 0.15) is 11.6 Å². The number of hydrogen-bond donors (Lipinski definition) is 1. The predicted octanol–water partition coefficient (Wildman–Crippen LogP) is 4.96. The Hall–Kier alpha value is -3.45. The van der Waals surface area contributed by atoms with Crippen molar-refractivity contribution in [2.75, 3.05) is 0 Å². The molecule has 1 aliphatic heterocycles. The van der Waals surface area contributed by atoms with Gasteiger partial charge in [0.15, 0.2) is 5.11 Å². The third-order valence-electron chi connectivity index (χ3n) is 6.02. The maximum Gasteiger partial charge on any atom is 0.170 e. The van der Waals surface area contributed by atoms with Crippen LogP contribution in [0.3, 0.4) is 0 Å². The third kappa shape index (κ3) is 3.58. The van der Waals surface area contributed by atoms with Crippen LogP contribution in [0.4, 0.5) is 0 Å². The molecular formula is C25H25N5OS. The fourth-order valence-corrected chi connectivity index (χ4v) is 4.82. The fraction of sp³-hybridized carbons (Fsp3) is 0.240. The Kier molecular flexibility index (Phi) is 5.27. The van der Waals surface area contributed by atoms with Gasteiger partial charge >= 0.3 is 0 Å². The minimum Gasteiger partial charge on any atom is -0.467 e. The molecule has 4 aromatic heterocycles. The number of pyridine rings is 2. The van der Waals surface area contributed by atoms with Gasteiger partial charge in [0, 0.05) is 23.8 Å². The Morgan fingerprint density at radius 2 is 1.94 bits per heavy atom. The Morgan fingerprint density at radius 1 is 1.06 bits per heavy atom. The quantitative estimate of drug-likeness (QED) is 0.440. The molecule has 5 rings (SSSR count).